The number of phosphoric acid groups is 1. The zero-order valence-electron chi connectivity index (χ0n) is 13.4. The van der Waals surface area contributed by atoms with E-state index in [-0.39, 0.29) is 6.73 Å². The number of benzene rings is 1. The van der Waals surface area contributed by atoms with E-state index in [9.17, 15) is 9.46 Å². The van der Waals surface area contributed by atoms with Crippen LogP contribution in [0.2, 0.25) is 0 Å². The topological polar surface area (TPSA) is 63.9 Å². The molecule has 1 aromatic carbocycles. The average molecular weight is 326 g/mol. The maximum absolute atomic E-state index is 11.5. The highest BCUT2D eigenvalue weighted by atomic mass is 31.2. The Morgan fingerprint density at radius 3 is 2.73 bits per heavy atom. The lowest BCUT2D eigenvalue weighted by Crippen LogP contribution is -2.14. The molecule has 1 aromatic heterocycles. The quantitative estimate of drug-likeness (QED) is 0.793. The van der Waals surface area contributed by atoms with Crippen LogP contribution in [-0.2, 0) is 26.8 Å². The minimum absolute atomic E-state index is 0.0247. The van der Waals surface area contributed by atoms with Crippen molar-refractivity contribution >= 4 is 18.7 Å². The first-order valence-electron chi connectivity index (χ1n) is 7.08. The lowest BCUT2D eigenvalue weighted by atomic mass is 10.1. The largest absolute Gasteiger partial charge is 0.473 e. The van der Waals surface area contributed by atoms with Gasteiger partial charge in [0, 0.05) is 25.2 Å². The van der Waals surface area contributed by atoms with Crippen molar-refractivity contribution in [3.8, 4) is 0 Å². The maximum Gasteiger partial charge on any atom is 0.473 e. The number of nitrogens with zero attached hydrogens (tertiary/aromatic N) is 2. The fourth-order valence-corrected chi connectivity index (χ4v) is 2.70. The molecule has 0 aliphatic heterocycles. The Morgan fingerprint density at radius 2 is 2.09 bits per heavy atom. The van der Waals surface area contributed by atoms with Crippen molar-refractivity contribution in [1.29, 1.82) is 0 Å². The van der Waals surface area contributed by atoms with Crippen molar-refractivity contribution < 1.29 is 18.5 Å². The van der Waals surface area contributed by atoms with Crippen LogP contribution in [0.15, 0.2) is 24.4 Å². The molecule has 0 amide bonds. The lowest BCUT2D eigenvalue weighted by molar-refractivity contribution is 0.139. The van der Waals surface area contributed by atoms with Gasteiger partial charge in [-0.05, 0) is 45.1 Å². The minimum atomic E-state index is -3.98. The van der Waals surface area contributed by atoms with Crippen molar-refractivity contribution in [3.63, 3.8) is 0 Å². The molecule has 1 N–H and O–H groups in total. The molecule has 22 heavy (non-hydrogen) atoms. The molecular weight excluding hydrogens is 303 g/mol. The SMILES string of the molecule is COP(=O)(O)OCn1cc(CCN(C)C)c2cc(C)ccc21. The van der Waals surface area contributed by atoms with E-state index in [2.05, 4.69) is 22.4 Å². The molecule has 0 aliphatic carbocycles. The summed E-state index contributed by atoms with van der Waals surface area (Å²) in [6.07, 6.45) is 2.88. The number of phosphoric ester groups is 1. The monoisotopic (exact) mass is 326 g/mol. The second kappa shape index (κ2) is 6.94. The second-order valence-electron chi connectivity index (χ2n) is 5.61. The van der Waals surface area contributed by atoms with Gasteiger partial charge in [0.05, 0.1) is 5.52 Å². The summed E-state index contributed by atoms with van der Waals surface area (Å²) in [5, 5.41) is 1.15. The Hall–Kier alpha value is -1.17. The van der Waals surface area contributed by atoms with Crippen molar-refractivity contribution in [1.82, 2.24) is 9.47 Å². The molecule has 0 spiro atoms. The fourth-order valence-electron chi connectivity index (χ4n) is 2.32. The fraction of sp³-hybridized carbons (Fsp3) is 0.467. The molecule has 1 unspecified atom stereocenters. The number of aryl methyl sites for hydroxylation is 1. The number of rotatable bonds is 7. The van der Waals surface area contributed by atoms with E-state index in [1.807, 2.05) is 37.0 Å². The van der Waals surface area contributed by atoms with Gasteiger partial charge in [0.2, 0.25) is 0 Å². The van der Waals surface area contributed by atoms with E-state index in [0.717, 1.165) is 31.0 Å². The molecule has 122 valence electrons. The predicted octanol–water partition coefficient (Wildman–Crippen LogP) is 2.77. The van der Waals surface area contributed by atoms with Gasteiger partial charge in [-0.3, -0.25) is 9.05 Å². The average Bonchev–Trinajstić information content (AvgIpc) is 2.80. The van der Waals surface area contributed by atoms with E-state index < -0.39 is 7.82 Å². The smallest absolute Gasteiger partial charge is 0.323 e. The summed E-state index contributed by atoms with van der Waals surface area (Å²) in [4.78, 5) is 11.5. The molecule has 0 fully saturated rings. The van der Waals surface area contributed by atoms with Gasteiger partial charge < -0.3 is 14.4 Å². The number of hydrogen-bond donors (Lipinski definition) is 1. The molecule has 2 aromatic rings. The standard InChI is InChI=1S/C15H23N2O4P/c1-12-5-6-15-14(9-12)13(7-8-16(2)3)10-17(15)11-21-22(18,19)20-4/h5-6,9-10H,7-8,11H2,1-4H3,(H,18,19). The second-order valence-corrected chi connectivity index (χ2v) is 7.17. The van der Waals surface area contributed by atoms with Crippen LogP contribution in [0, 0.1) is 6.92 Å². The van der Waals surface area contributed by atoms with Crippen LogP contribution >= 0.6 is 7.82 Å². The lowest BCUT2D eigenvalue weighted by Gasteiger charge is -2.10. The number of aromatic nitrogens is 1. The Labute approximate surface area is 130 Å². The van der Waals surface area contributed by atoms with Crippen molar-refractivity contribution in [2.45, 2.75) is 20.1 Å². The zero-order valence-corrected chi connectivity index (χ0v) is 14.3. The summed E-state index contributed by atoms with van der Waals surface area (Å²) in [5.41, 5.74) is 3.36. The van der Waals surface area contributed by atoms with Crippen LogP contribution in [0.25, 0.3) is 10.9 Å². The summed E-state index contributed by atoms with van der Waals surface area (Å²) in [6, 6.07) is 6.15. The highest BCUT2D eigenvalue weighted by Crippen LogP contribution is 2.42. The first-order valence-corrected chi connectivity index (χ1v) is 8.58. The summed E-state index contributed by atoms with van der Waals surface area (Å²) < 4.78 is 22.7. The van der Waals surface area contributed by atoms with Crippen LogP contribution in [-0.4, -0.2) is 42.1 Å². The van der Waals surface area contributed by atoms with Crippen LogP contribution in [0.5, 0.6) is 0 Å². The molecule has 0 saturated carbocycles. The Bertz CT molecular complexity index is 696. The van der Waals surface area contributed by atoms with Gasteiger partial charge in [0.15, 0.2) is 0 Å². The predicted molar refractivity (Wildman–Crippen MR) is 86.9 cm³/mol. The Balaban J connectivity index is 2.32. The molecule has 1 heterocycles. The van der Waals surface area contributed by atoms with Gasteiger partial charge in [-0.25, -0.2) is 4.57 Å². The summed E-state index contributed by atoms with van der Waals surface area (Å²) in [6.45, 7) is 2.96. The van der Waals surface area contributed by atoms with E-state index >= 15 is 0 Å². The van der Waals surface area contributed by atoms with Gasteiger partial charge >= 0.3 is 7.82 Å². The normalized spacial score (nSPS) is 14.6. The Morgan fingerprint density at radius 1 is 1.36 bits per heavy atom. The molecule has 1 atom stereocenters. The van der Waals surface area contributed by atoms with Gasteiger partial charge in [0.25, 0.3) is 0 Å². The van der Waals surface area contributed by atoms with Crippen LogP contribution in [0.3, 0.4) is 0 Å². The van der Waals surface area contributed by atoms with E-state index in [1.165, 1.54) is 11.1 Å². The third-order valence-electron chi connectivity index (χ3n) is 3.54. The van der Waals surface area contributed by atoms with Crippen molar-refractivity contribution in [3.05, 3.63) is 35.5 Å². The summed E-state index contributed by atoms with van der Waals surface area (Å²) in [7, 11) is 1.25. The van der Waals surface area contributed by atoms with Crippen molar-refractivity contribution in [2.75, 3.05) is 27.7 Å². The van der Waals surface area contributed by atoms with Crippen LogP contribution < -0.4 is 0 Å². The van der Waals surface area contributed by atoms with Crippen molar-refractivity contribution in [2.24, 2.45) is 0 Å². The summed E-state index contributed by atoms with van der Waals surface area (Å²) in [5.74, 6) is 0. The number of likely N-dealkylation sites (N-methyl/N-ethyl adjacent to an activating group) is 1. The van der Waals surface area contributed by atoms with Crippen LogP contribution in [0.1, 0.15) is 11.1 Å². The highest BCUT2D eigenvalue weighted by molar-refractivity contribution is 7.47. The molecule has 6 nitrogen and oxygen atoms in total. The molecular formula is C15H23N2O4P. The molecule has 0 radical (unpaired) electrons. The van der Waals surface area contributed by atoms with Gasteiger partial charge in [-0.2, -0.15) is 0 Å². The van der Waals surface area contributed by atoms with Gasteiger partial charge in [0.1, 0.15) is 6.73 Å². The van der Waals surface area contributed by atoms with E-state index in [4.69, 9.17) is 4.52 Å². The maximum atomic E-state index is 11.5. The molecule has 2 rings (SSSR count). The van der Waals surface area contributed by atoms with Gasteiger partial charge in [-0.1, -0.05) is 11.6 Å². The molecule has 0 aliphatic rings. The first-order chi connectivity index (χ1) is 10.3. The minimum Gasteiger partial charge on any atom is -0.323 e. The van der Waals surface area contributed by atoms with E-state index in [1.54, 1.807) is 0 Å². The molecule has 7 heteroatoms. The Kier molecular flexibility index (Phi) is 5.42. The number of fused-ring (bicyclic) bond motifs is 1. The number of hydrogen-bond acceptors (Lipinski definition) is 4. The molecule has 0 bridgehead atoms. The van der Waals surface area contributed by atoms with E-state index in [0.29, 0.717) is 0 Å². The zero-order chi connectivity index (χ0) is 16.3. The van der Waals surface area contributed by atoms with Crippen LogP contribution in [0.4, 0.5) is 0 Å². The third kappa shape index (κ3) is 4.18. The highest BCUT2D eigenvalue weighted by Gasteiger charge is 2.19. The summed E-state index contributed by atoms with van der Waals surface area (Å²) >= 11 is 0. The third-order valence-corrected chi connectivity index (χ3v) is 4.44. The molecule has 0 saturated heterocycles. The first kappa shape index (κ1) is 17.2. The van der Waals surface area contributed by atoms with Gasteiger partial charge in [-0.15, -0.1) is 0 Å².